The number of benzene rings is 1. The van der Waals surface area contributed by atoms with E-state index in [0.717, 1.165) is 23.3 Å². The summed E-state index contributed by atoms with van der Waals surface area (Å²) >= 11 is 0. The van der Waals surface area contributed by atoms with Crippen LogP contribution in [0.25, 0.3) is 0 Å². The summed E-state index contributed by atoms with van der Waals surface area (Å²) in [5.74, 6) is 7.04. The van der Waals surface area contributed by atoms with Crippen LogP contribution in [0.4, 0.5) is 0 Å². The quantitative estimate of drug-likeness (QED) is 0.865. The van der Waals surface area contributed by atoms with Crippen LogP contribution >= 0.6 is 0 Å². The summed E-state index contributed by atoms with van der Waals surface area (Å²) in [7, 11) is 1.67. The summed E-state index contributed by atoms with van der Waals surface area (Å²) in [6, 6.07) is 5.79. The molecule has 0 radical (unpaired) electrons. The van der Waals surface area contributed by atoms with Gasteiger partial charge in [0.05, 0.1) is 19.8 Å². The van der Waals surface area contributed by atoms with Gasteiger partial charge < -0.3 is 14.6 Å². The first-order valence-corrected chi connectivity index (χ1v) is 7.63. The monoisotopic (exact) mass is 288 g/mol. The normalized spacial score (nSPS) is 21.5. The van der Waals surface area contributed by atoms with E-state index in [4.69, 9.17) is 14.6 Å². The van der Waals surface area contributed by atoms with E-state index in [1.807, 2.05) is 18.2 Å². The van der Waals surface area contributed by atoms with E-state index < -0.39 is 0 Å². The summed E-state index contributed by atoms with van der Waals surface area (Å²) in [6.45, 7) is 2.69. The number of rotatable bonds is 4. The standard InChI is InChI=1S/C18H24O3/c1-14-6-3-4-8-17(14)21-13-16-12-15(7-5-11-19)9-10-18(16)20-2/h9-10,12,14,17,19H,3-4,6,8,11,13H2,1-2H3. The SMILES string of the molecule is COc1ccc(C#CCO)cc1COC1CCCCC1C. The van der Waals surface area contributed by atoms with Gasteiger partial charge in [0.1, 0.15) is 12.4 Å². The lowest BCUT2D eigenvalue weighted by molar-refractivity contribution is -0.0160. The minimum Gasteiger partial charge on any atom is -0.496 e. The Kier molecular flexibility index (Phi) is 6.10. The molecule has 0 amide bonds. The zero-order valence-corrected chi connectivity index (χ0v) is 12.9. The molecule has 1 saturated carbocycles. The van der Waals surface area contributed by atoms with Gasteiger partial charge in [-0.15, -0.1) is 0 Å². The molecule has 1 aliphatic carbocycles. The molecule has 114 valence electrons. The zero-order valence-electron chi connectivity index (χ0n) is 12.9. The van der Waals surface area contributed by atoms with Crippen molar-refractivity contribution in [2.75, 3.05) is 13.7 Å². The third-order valence-electron chi connectivity index (χ3n) is 4.08. The summed E-state index contributed by atoms with van der Waals surface area (Å²) < 4.78 is 11.5. The van der Waals surface area contributed by atoms with Crippen molar-refractivity contribution >= 4 is 0 Å². The highest BCUT2D eigenvalue weighted by atomic mass is 16.5. The van der Waals surface area contributed by atoms with E-state index in [0.29, 0.717) is 18.6 Å². The van der Waals surface area contributed by atoms with Crippen LogP contribution in [0.5, 0.6) is 5.75 Å². The Morgan fingerprint density at radius 1 is 1.29 bits per heavy atom. The van der Waals surface area contributed by atoms with Crippen LogP contribution in [-0.4, -0.2) is 24.9 Å². The molecule has 1 aromatic carbocycles. The van der Waals surface area contributed by atoms with Gasteiger partial charge in [-0.05, 0) is 37.0 Å². The van der Waals surface area contributed by atoms with Crippen molar-refractivity contribution < 1.29 is 14.6 Å². The molecule has 0 spiro atoms. The average molecular weight is 288 g/mol. The maximum atomic E-state index is 8.78. The Balaban J connectivity index is 2.06. The van der Waals surface area contributed by atoms with Crippen molar-refractivity contribution in [2.45, 2.75) is 45.3 Å². The van der Waals surface area contributed by atoms with E-state index in [9.17, 15) is 0 Å². The molecule has 0 saturated heterocycles. The van der Waals surface area contributed by atoms with Crippen LogP contribution < -0.4 is 4.74 Å². The number of ether oxygens (including phenoxy) is 2. The van der Waals surface area contributed by atoms with E-state index in [1.165, 1.54) is 19.3 Å². The molecule has 0 heterocycles. The average Bonchev–Trinajstić information content (AvgIpc) is 2.52. The molecule has 1 fully saturated rings. The van der Waals surface area contributed by atoms with Gasteiger partial charge in [0, 0.05) is 11.1 Å². The van der Waals surface area contributed by atoms with Crippen LogP contribution in [0.15, 0.2) is 18.2 Å². The second-order valence-electron chi connectivity index (χ2n) is 5.60. The van der Waals surface area contributed by atoms with Gasteiger partial charge in [-0.3, -0.25) is 0 Å². The maximum absolute atomic E-state index is 8.78. The number of hydrogen-bond acceptors (Lipinski definition) is 3. The van der Waals surface area contributed by atoms with Crippen molar-refractivity contribution in [2.24, 2.45) is 5.92 Å². The topological polar surface area (TPSA) is 38.7 Å². The van der Waals surface area contributed by atoms with Gasteiger partial charge >= 0.3 is 0 Å². The Labute approximate surface area is 127 Å². The Hall–Kier alpha value is -1.50. The number of aliphatic hydroxyl groups is 1. The molecular weight excluding hydrogens is 264 g/mol. The lowest BCUT2D eigenvalue weighted by Crippen LogP contribution is -2.25. The molecule has 2 atom stereocenters. The molecular formula is C18H24O3. The van der Waals surface area contributed by atoms with Gasteiger partial charge in [0.15, 0.2) is 0 Å². The maximum Gasteiger partial charge on any atom is 0.124 e. The van der Waals surface area contributed by atoms with Crippen LogP contribution in [0.2, 0.25) is 0 Å². The van der Waals surface area contributed by atoms with Crippen molar-refractivity contribution in [3.8, 4) is 17.6 Å². The summed E-state index contributed by atoms with van der Waals surface area (Å²) in [5.41, 5.74) is 1.89. The fourth-order valence-electron chi connectivity index (χ4n) is 2.84. The highest BCUT2D eigenvalue weighted by Gasteiger charge is 2.22. The van der Waals surface area contributed by atoms with Gasteiger partial charge in [-0.25, -0.2) is 0 Å². The summed E-state index contributed by atoms with van der Waals surface area (Å²) in [6.07, 6.45) is 5.32. The second kappa shape index (κ2) is 8.07. The van der Waals surface area contributed by atoms with Gasteiger partial charge in [0.25, 0.3) is 0 Å². The number of methoxy groups -OCH3 is 1. The number of aliphatic hydroxyl groups excluding tert-OH is 1. The lowest BCUT2D eigenvalue weighted by atomic mass is 9.88. The highest BCUT2D eigenvalue weighted by molar-refractivity contribution is 5.44. The third kappa shape index (κ3) is 4.49. The Morgan fingerprint density at radius 3 is 2.81 bits per heavy atom. The summed E-state index contributed by atoms with van der Waals surface area (Å²) in [4.78, 5) is 0. The molecule has 2 rings (SSSR count). The van der Waals surface area contributed by atoms with E-state index in [2.05, 4.69) is 18.8 Å². The Bertz CT molecular complexity index is 513. The predicted octanol–water partition coefficient (Wildman–Crippen LogP) is 3.13. The molecule has 0 aromatic heterocycles. The molecule has 1 N–H and O–H groups in total. The molecule has 3 heteroatoms. The molecule has 1 aliphatic rings. The van der Waals surface area contributed by atoms with Crippen LogP contribution in [-0.2, 0) is 11.3 Å². The van der Waals surface area contributed by atoms with Crippen molar-refractivity contribution in [3.63, 3.8) is 0 Å². The van der Waals surface area contributed by atoms with Crippen LogP contribution in [0, 0.1) is 17.8 Å². The zero-order chi connectivity index (χ0) is 15.1. The summed E-state index contributed by atoms with van der Waals surface area (Å²) in [5, 5.41) is 8.78. The molecule has 21 heavy (non-hydrogen) atoms. The lowest BCUT2D eigenvalue weighted by Gasteiger charge is -2.29. The van der Waals surface area contributed by atoms with Crippen molar-refractivity contribution in [1.82, 2.24) is 0 Å². The highest BCUT2D eigenvalue weighted by Crippen LogP contribution is 2.28. The fraction of sp³-hybridized carbons (Fsp3) is 0.556. The minimum atomic E-state index is -0.128. The van der Waals surface area contributed by atoms with E-state index in [1.54, 1.807) is 7.11 Å². The first kappa shape index (κ1) is 15.9. The van der Waals surface area contributed by atoms with Crippen LogP contribution in [0.1, 0.15) is 43.7 Å². The van der Waals surface area contributed by atoms with Gasteiger partial charge in [-0.1, -0.05) is 31.6 Å². The van der Waals surface area contributed by atoms with E-state index in [-0.39, 0.29) is 6.61 Å². The van der Waals surface area contributed by atoms with Crippen molar-refractivity contribution in [1.29, 1.82) is 0 Å². The first-order chi connectivity index (χ1) is 10.2. The van der Waals surface area contributed by atoms with Crippen LogP contribution in [0.3, 0.4) is 0 Å². The Morgan fingerprint density at radius 2 is 2.10 bits per heavy atom. The minimum absolute atomic E-state index is 0.128. The molecule has 2 unspecified atom stereocenters. The van der Waals surface area contributed by atoms with E-state index >= 15 is 0 Å². The smallest absolute Gasteiger partial charge is 0.124 e. The fourth-order valence-corrected chi connectivity index (χ4v) is 2.84. The molecule has 1 aromatic rings. The predicted molar refractivity (Wildman–Crippen MR) is 83.2 cm³/mol. The largest absolute Gasteiger partial charge is 0.496 e. The molecule has 0 bridgehead atoms. The molecule has 0 aliphatic heterocycles. The third-order valence-corrected chi connectivity index (χ3v) is 4.08. The number of hydrogen-bond donors (Lipinski definition) is 1. The van der Waals surface area contributed by atoms with Crippen molar-refractivity contribution in [3.05, 3.63) is 29.3 Å². The first-order valence-electron chi connectivity index (χ1n) is 7.63. The second-order valence-corrected chi connectivity index (χ2v) is 5.60. The van der Waals surface area contributed by atoms with Gasteiger partial charge in [-0.2, -0.15) is 0 Å². The molecule has 3 nitrogen and oxygen atoms in total. The van der Waals surface area contributed by atoms with Gasteiger partial charge in [0.2, 0.25) is 0 Å².